The lowest BCUT2D eigenvalue weighted by Gasteiger charge is -2.22. The molecule has 116 valence electrons. The molecule has 1 atom stereocenters. The number of hydrogen-bond acceptors (Lipinski definition) is 2. The molecule has 0 saturated heterocycles. The van der Waals surface area contributed by atoms with Crippen LogP contribution in [0.4, 0.5) is 0 Å². The molecule has 2 aromatic rings. The second-order valence-corrected chi connectivity index (χ2v) is 6.86. The van der Waals surface area contributed by atoms with Gasteiger partial charge in [0.1, 0.15) is 0 Å². The van der Waals surface area contributed by atoms with Gasteiger partial charge in [0.2, 0.25) is 0 Å². The summed E-state index contributed by atoms with van der Waals surface area (Å²) in [6, 6.07) is 4.48. The number of imidazole rings is 1. The van der Waals surface area contributed by atoms with Crippen LogP contribution in [-0.2, 0) is 14.1 Å². The van der Waals surface area contributed by atoms with E-state index in [1.807, 2.05) is 14.1 Å². The number of halogens is 1. The molecule has 21 heavy (non-hydrogen) atoms. The SMILES string of the molecule is CCNC(CC(C)C)c1cc2c(cc1Br)n(C)c(=O)n2C. The van der Waals surface area contributed by atoms with Crippen LogP contribution in [0, 0.1) is 5.92 Å². The molecule has 1 aromatic heterocycles. The van der Waals surface area contributed by atoms with Crippen LogP contribution >= 0.6 is 15.9 Å². The Morgan fingerprint density at radius 2 is 1.76 bits per heavy atom. The van der Waals surface area contributed by atoms with Gasteiger partial charge in [-0.2, -0.15) is 0 Å². The quantitative estimate of drug-likeness (QED) is 0.895. The second kappa shape index (κ2) is 6.36. The Bertz CT molecular complexity index is 700. The van der Waals surface area contributed by atoms with Crippen LogP contribution in [0.5, 0.6) is 0 Å². The maximum atomic E-state index is 12.1. The van der Waals surface area contributed by atoms with E-state index < -0.39 is 0 Å². The van der Waals surface area contributed by atoms with Gasteiger partial charge in [-0.15, -0.1) is 0 Å². The van der Waals surface area contributed by atoms with Crippen molar-refractivity contribution in [3.63, 3.8) is 0 Å². The maximum absolute atomic E-state index is 12.1. The van der Waals surface area contributed by atoms with Crippen LogP contribution in [0.1, 0.15) is 38.8 Å². The predicted molar refractivity (Wildman–Crippen MR) is 91.7 cm³/mol. The molecular weight excluding hydrogens is 330 g/mol. The third kappa shape index (κ3) is 3.09. The third-order valence-electron chi connectivity index (χ3n) is 3.92. The highest BCUT2D eigenvalue weighted by Gasteiger charge is 2.18. The van der Waals surface area contributed by atoms with Gasteiger partial charge in [-0.25, -0.2) is 4.79 Å². The van der Waals surface area contributed by atoms with Gasteiger partial charge in [0.25, 0.3) is 0 Å². The van der Waals surface area contributed by atoms with E-state index in [0.717, 1.165) is 28.5 Å². The number of fused-ring (bicyclic) bond motifs is 1. The van der Waals surface area contributed by atoms with Gasteiger partial charge in [-0.05, 0) is 36.6 Å². The summed E-state index contributed by atoms with van der Waals surface area (Å²) in [5.41, 5.74) is 3.17. The van der Waals surface area contributed by atoms with Crippen molar-refractivity contribution in [2.24, 2.45) is 20.0 Å². The first kappa shape index (κ1) is 16.3. The van der Waals surface area contributed by atoms with Crippen molar-refractivity contribution in [1.29, 1.82) is 0 Å². The first-order valence-electron chi connectivity index (χ1n) is 7.45. The Morgan fingerprint density at radius 3 is 2.29 bits per heavy atom. The highest BCUT2D eigenvalue weighted by molar-refractivity contribution is 9.10. The lowest BCUT2D eigenvalue weighted by atomic mass is 9.96. The number of rotatable bonds is 5. The highest BCUT2D eigenvalue weighted by atomic mass is 79.9. The molecule has 0 aliphatic rings. The summed E-state index contributed by atoms with van der Waals surface area (Å²) in [6.07, 6.45) is 1.07. The van der Waals surface area contributed by atoms with E-state index in [1.54, 1.807) is 9.13 Å². The molecule has 1 heterocycles. The summed E-state index contributed by atoms with van der Waals surface area (Å²) in [5, 5.41) is 3.55. The van der Waals surface area contributed by atoms with E-state index in [1.165, 1.54) is 5.56 Å². The molecule has 4 nitrogen and oxygen atoms in total. The summed E-state index contributed by atoms with van der Waals surface area (Å²) in [6.45, 7) is 7.51. The summed E-state index contributed by atoms with van der Waals surface area (Å²) in [7, 11) is 3.64. The molecule has 1 N–H and O–H groups in total. The number of benzene rings is 1. The van der Waals surface area contributed by atoms with Gasteiger partial charge >= 0.3 is 5.69 Å². The molecule has 0 aliphatic carbocycles. The van der Waals surface area contributed by atoms with Crippen LogP contribution in [0.15, 0.2) is 21.4 Å². The van der Waals surface area contributed by atoms with E-state index in [4.69, 9.17) is 0 Å². The molecule has 0 bridgehead atoms. The number of nitrogens with one attached hydrogen (secondary N) is 1. The minimum absolute atomic E-state index is 0.0120. The van der Waals surface area contributed by atoms with E-state index in [2.05, 4.69) is 54.2 Å². The monoisotopic (exact) mass is 353 g/mol. The third-order valence-corrected chi connectivity index (χ3v) is 4.61. The van der Waals surface area contributed by atoms with Crippen molar-refractivity contribution in [2.45, 2.75) is 33.2 Å². The largest absolute Gasteiger partial charge is 0.328 e. The molecule has 0 fully saturated rings. The van der Waals surface area contributed by atoms with E-state index in [-0.39, 0.29) is 5.69 Å². The molecule has 1 unspecified atom stereocenters. The topological polar surface area (TPSA) is 39.0 Å². The van der Waals surface area contributed by atoms with Crippen molar-refractivity contribution in [1.82, 2.24) is 14.5 Å². The lowest BCUT2D eigenvalue weighted by molar-refractivity contribution is 0.437. The van der Waals surface area contributed by atoms with Crippen LogP contribution in [0.2, 0.25) is 0 Å². The van der Waals surface area contributed by atoms with Crippen LogP contribution < -0.4 is 11.0 Å². The molecule has 0 radical (unpaired) electrons. The minimum Gasteiger partial charge on any atom is -0.310 e. The Balaban J connectivity index is 2.60. The van der Waals surface area contributed by atoms with E-state index in [0.29, 0.717) is 12.0 Å². The molecule has 0 amide bonds. The first-order chi connectivity index (χ1) is 9.86. The molecule has 0 spiro atoms. The van der Waals surface area contributed by atoms with Crippen LogP contribution in [-0.4, -0.2) is 15.7 Å². The molecule has 2 rings (SSSR count). The normalized spacial score (nSPS) is 13.3. The first-order valence-corrected chi connectivity index (χ1v) is 8.24. The van der Waals surface area contributed by atoms with Gasteiger partial charge in [-0.3, -0.25) is 9.13 Å². The van der Waals surface area contributed by atoms with Crippen molar-refractivity contribution >= 4 is 27.0 Å². The summed E-state index contributed by atoms with van der Waals surface area (Å²) in [5.74, 6) is 0.608. The fourth-order valence-electron chi connectivity index (χ4n) is 2.84. The Morgan fingerprint density at radius 1 is 1.19 bits per heavy atom. The number of aryl methyl sites for hydroxylation is 2. The lowest BCUT2D eigenvalue weighted by Crippen LogP contribution is -2.23. The molecule has 0 saturated carbocycles. The van der Waals surface area contributed by atoms with Gasteiger partial charge in [0.05, 0.1) is 11.0 Å². The van der Waals surface area contributed by atoms with E-state index >= 15 is 0 Å². The van der Waals surface area contributed by atoms with Crippen molar-refractivity contribution < 1.29 is 0 Å². The smallest absolute Gasteiger partial charge is 0.310 e. The Kier molecular flexibility index (Phi) is 4.94. The maximum Gasteiger partial charge on any atom is 0.328 e. The minimum atomic E-state index is 0.0120. The number of aromatic nitrogens is 2. The molecule has 0 aliphatic heterocycles. The predicted octanol–water partition coefficient (Wildman–Crippen LogP) is 3.34. The second-order valence-electron chi connectivity index (χ2n) is 6.00. The molecule has 1 aromatic carbocycles. The van der Waals surface area contributed by atoms with Crippen molar-refractivity contribution in [3.05, 3.63) is 32.7 Å². The highest BCUT2D eigenvalue weighted by Crippen LogP contribution is 2.31. The van der Waals surface area contributed by atoms with Crippen LogP contribution in [0.3, 0.4) is 0 Å². The van der Waals surface area contributed by atoms with Crippen molar-refractivity contribution in [3.8, 4) is 0 Å². The molecule has 5 heteroatoms. The number of nitrogens with zero attached hydrogens (tertiary/aromatic N) is 2. The Hall–Kier alpha value is -1.07. The Labute approximate surface area is 134 Å². The summed E-state index contributed by atoms with van der Waals surface area (Å²) < 4.78 is 4.46. The fraction of sp³-hybridized carbons (Fsp3) is 0.562. The molecular formula is C16H24BrN3O. The fourth-order valence-corrected chi connectivity index (χ4v) is 3.45. The zero-order valence-electron chi connectivity index (χ0n) is 13.4. The zero-order chi connectivity index (χ0) is 15.7. The standard InChI is InChI=1S/C16H24BrN3O/c1-6-18-13(7-10(2)3)11-8-14-15(9-12(11)17)20(5)16(21)19(14)4/h8-10,13,18H,6-7H2,1-5H3. The van der Waals surface area contributed by atoms with Gasteiger partial charge in [-0.1, -0.05) is 36.7 Å². The van der Waals surface area contributed by atoms with Gasteiger partial charge in [0.15, 0.2) is 0 Å². The van der Waals surface area contributed by atoms with Crippen LogP contribution in [0.25, 0.3) is 11.0 Å². The summed E-state index contributed by atoms with van der Waals surface area (Å²) in [4.78, 5) is 12.1. The van der Waals surface area contributed by atoms with E-state index in [9.17, 15) is 4.79 Å². The average Bonchev–Trinajstić information content (AvgIpc) is 2.62. The average molecular weight is 354 g/mol. The summed E-state index contributed by atoms with van der Waals surface area (Å²) >= 11 is 3.68. The van der Waals surface area contributed by atoms with Gasteiger partial charge < -0.3 is 5.32 Å². The van der Waals surface area contributed by atoms with Gasteiger partial charge in [0, 0.05) is 24.6 Å². The van der Waals surface area contributed by atoms with Crippen molar-refractivity contribution in [2.75, 3.05) is 6.54 Å². The number of hydrogen-bond donors (Lipinski definition) is 1. The zero-order valence-corrected chi connectivity index (χ0v) is 15.0.